The Morgan fingerprint density at radius 1 is 1.10 bits per heavy atom. The standard InChI is InChI=1S/C16H23N3O2/c20-16(13-18-7-3-4-8-18)17-14-5-1-2-6-15(14)19-9-11-21-12-10-19/h1-2,5-6H,3-4,7-13H2,(H,17,20). The predicted molar refractivity (Wildman–Crippen MR) is 83.8 cm³/mol. The number of amides is 1. The molecule has 2 aliphatic rings. The van der Waals surface area contributed by atoms with E-state index in [1.165, 1.54) is 12.8 Å². The van der Waals surface area contributed by atoms with Crippen molar-refractivity contribution in [3.8, 4) is 0 Å². The number of nitrogens with zero attached hydrogens (tertiary/aromatic N) is 2. The Kier molecular flexibility index (Phi) is 4.72. The Hall–Kier alpha value is -1.59. The van der Waals surface area contributed by atoms with E-state index < -0.39 is 0 Å². The van der Waals surface area contributed by atoms with Gasteiger partial charge in [-0.15, -0.1) is 0 Å². The summed E-state index contributed by atoms with van der Waals surface area (Å²) in [5.74, 6) is 0.0811. The van der Waals surface area contributed by atoms with Gasteiger partial charge >= 0.3 is 0 Å². The van der Waals surface area contributed by atoms with E-state index in [0.717, 1.165) is 50.8 Å². The molecule has 2 fully saturated rings. The average Bonchev–Trinajstić information content (AvgIpc) is 3.01. The van der Waals surface area contributed by atoms with Crippen LogP contribution in [0.1, 0.15) is 12.8 Å². The molecule has 1 aromatic rings. The number of ether oxygens (including phenoxy) is 1. The molecule has 5 heteroatoms. The summed E-state index contributed by atoms with van der Waals surface area (Å²) < 4.78 is 5.40. The zero-order chi connectivity index (χ0) is 14.5. The molecule has 3 rings (SSSR count). The van der Waals surface area contributed by atoms with Crippen LogP contribution in [0.4, 0.5) is 11.4 Å². The summed E-state index contributed by atoms with van der Waals surface area (Å²) in [6, 6.07) is 8.03. The van der Waals surface area contributed by atoms with Gasteiger partial charge in [0.2, 0.25) is 5.91 Å². The van der Waals surface area contributed by atoms with E-state index >= 15 is 0 Å². The van der Waals surface area contributed by atoms with Crippen LogP contribution in [0, 0.1) is 0 Å². The van der Waals surface area contributed by atoms with E-state index in [-0.39, 0.29) is 5.91 Å². The van der Waals surface area contributed by atoms with E-state index in [1.807, 2.05) is 18.2 Å². The number of anilines is 2. The molecule has 5 nitrogen and oxygen atoms in total. The second-order valence-electron chi connectivity index (χ2n) is 5.65. The van der Waals surface area contributed by atoms with Gasteiger partial charge in [-0.1, -0.05) is 12.1 Å². The number of likely N-dealkylation sites (tertiary alicyclic amines) is 1. The molecule has 0 unspecified atom stereocenters. The van der Waals surface area contributed by atoms with Crippen LogP contribution in [-0.2, 0) is 9.53 Å². The van der Waals surface area contributed by atoms with Gasteiger partial charge in [0.05, 0.1) is 31.1 Å². The van der Waals surface area contributed by atoms with Gasteiger partial charge in [0, 0.05) is 13.1 Å². The largest absolute Gasteiger partial charge is 0.378 e. The van der Waals surface area contributed by atoms with Crippen LogP contribution in [0.15, 0.2) is 24.3 Å². The molecule has 0 atom stereocenters. The Balaban J connectivity index is 1.65. The van der Waals surface area contributed by atoms with E-state index in [2.05, 4.69) is 21.2 Å². The van der Waals surface area contributed by atoms with E-state index in [4.69, 9.17) is 4.74 Å². The summed E-state index contributed by atoms with van der Waals surface area (Å²) in [6.07, 6.45) is 2.41. The zero-order valence-corrected chi connectivity index (χ0v) is 12.4. The maximum atomic E-state index is 12.2. The lowest BCUT2D eigenvalue weighted by atomic mass is 10.2. The fraction of sp³-hybridized carbons (Fsp3) is 0.562. The highest BCUT2D eigenvalue weighted by atomic mass is 16.5. The molecule has 0 aliphatic carbocycles. The Bertz CT molecular complexity index is 480. The summed E-state index contributed by atoms with van der Waals surface area (Å²) in [7, 11) is 0. The first-order valence-electron chi connectivity index (χ1n) is 7.77. The minimum atomic E-state index is 0.0811. The summed E-state index contributed by atoms with van der Waals surface area (Å²) >= 11 is 0. The zero-order valence-electron chi connectivity index (χ0n) is 12.4. The number of para-hydroxylation sites is 2. The number of carbonyl (C=O) groups is 1. The molecule has 114 valence electrons. The monoisotopic (exact) mass is 289 g/mol. The molecule has 1 aromatic carbocycles. The van der Waals surface area contributed by atoms with Crippen molar-refractivity contribution in [1.82, 2.24) is 4.90 Å². The third-order valence-electron chi connectivity index (χ3n) is 4.10. The van der Waals surface area contributed by atoms with Gasteiger partial charge in [-0.3, -0.25) is 9.69 Å². The van der Waals surface area contributed by atoms with Crippen LogP contribution < -0.4 is 10.2 Å². The number of hydrogen-bond acceptors (Lipinski definition) is 4. The summed E-state index contributed by atoms with van der Waals surface area (Å²) in [5.41, 5.74) is 2.00. The average molecular weight is 289 g/mol. The van der Waals surface area contributed by atoms with Crippen molar-refractivity contribution < 1.29 is 9.53 Å². The highest BCUT2D eigenvalue weighted by Crippen LogP contribution is 2.26. The van der Waals surface area contributed by atoms with E-state index in [1.54, 1.807) is 0 Å². The molecule has 1 N–H and O–H groups in total. The molecule has 1 amide bonds. The Morgan fingerprint density at radius 3 is 2.57 bits per heavy atom. The topological polar surface area (TPSA) is 44.8 Å². The molecule has 2 aliphatic heterocycles. The first-order valence-corrected chi connectivity index (χ1v) is 7.77. The number of carbonyl (C=O) groups excluding carboxylic acids is 1. The summed E-state index contributed by atoms with van der Waals surface area (Å²) in [6.45, 7) is 5.82. The third-order valence-corrected chi connectivity index (χ3v) is 4.10. The van der Waals surface area contributed by atoms with Gasteiger partial charge in [0.1, 0.15) is 0 Å². The molecule has 0 bridgehead atoms. The van der Waals surface area contributed by atoms with Gasteiger partial charge in [0.15, 0.2) is 0 Å². The highest BCUT2D eigenvalue weighted by Gasteiger charge is 2.18. The lowest BCUT2D eigenvalue weighted by Crippen LogP contribution is -2.37. The molecule has 0 saturated carbocycles. The number of hydrogen-bond donors (Lipinski definition) is 1. The second kappa shape index (κ2) is 6.91. The highest BCUT2D eigenvalue weighted by molar-refractivity contribution is 5.95. The minimum Gasteiger partial charge on any atom is -0.378 e. The lowest BCUT2D eigenvalue weighted by Gasteiger charge is -2.30. The first kappa shape index (κ1) is 14.4. The van der Waals surface area contributed by atoms with Crippen LogP contribution in [0.25, 0.3) is 0 Å². The minimum absolute atomic E-state index is 0.0811. The van der Waals surface area contributed by atoms with Gasteiger partial charge in [0.25, 0.3) is 0 Å². The Morgan fingerprint density at radius 2 is 1.81 bits per heavy atom. The van der Waals surface area contributed by atoms with Crippen molar-refractivity contribution in [1.29, 1.82) is 0 Å². The molecule has 0 spiro atoms. The van der Waals surface area contributed by atoms with Crippen molar-refractivity contribution in [2.75, 3.05) is 56.2 Å². The number of nitrogens with one attached hydrogen (secondary N) is 1. The lowest BCUT2D eigenvalue weighted by molar-refractivity contribution is -0.117. The summed E-state index contributed by atoms with van der Waals surface area (Å²) in [4.78, 5) is 16.7. The quantitative estimate of drug-likeness (QED) is 0.913. The number of morpholine rings is 1. The van der Waals surface area contributed by atoms with E-state index in [0.29, 0.717) is 6.54 Å². The van der Waals surface area contributed by atoms with E-state index in [9.17, 15) is 4.79 Å². The van der Waals surface area contributed by atoms with Gasteiger partial charge in [-0.25, -0.2) is 0 Å². The fourth-order valence-electron chi connectivity index (χ4n) is 2.99. The molecule has 0 radical (unpaired) electrons. The smallest absolute Gasteiger partial charge is 0.238 e. The molecule has 0 aromatic heterocycles. The molecule has 2 heterocycles. The van der Waals surface area contributed by atoms with Crippen LogP contribution in [0.5, 0.6) is 0 Å². The maximum absolute atomic E-state index is 12.2. The molecule has 21 heavy (non-hydrogen) atoms. The molecular weight excluding hydrogens is 266 g/mol. The fourth-order valence-corrected chi connectivity index (χ4v) is 2.99. The molecule has 2 saturated heterocycles. The number of benzene rings is 1. The van der Waals surface area contributed by atoms with Gasteiger partial charge in [-0.05, 0) is 38.1 Å². The van der Waals surface area contributed by atoms with Crippen molar-refractivity contribution >= 4 is 17.3 Å². The summed E-state index contributed by atoms with van der Waals surface area (Å²) in [5, 5.41) is 3.07. The SMILES string of the molecule is O=C(CN1CCCC1)Nc1ccccc1N1CCOCC1. The third kappa shape index (κ3) is 3.74. The van der Waals surface area contributed by atoms with Gasteiger partial charge < -0.3 is 15.0 Å². The van der Waals surface area contributed by atoms with Crippen molar-refractivity contribution in [2.45, 2.75) is 12.8 Å². The number of rotatable bonds is 4. The molecular formula is C16H23N3O2. The predicted octanol–water partition coefficient (Wildman–Crippen LogP) is 1.56. The Labute approximate surface area is 125 Å². The van der Waals surface area contributed by atoms with Crippen molar-refractivity contribution in [2.24, 2.45) is 0 Å². The van der Waals surface area contributed by atoms with Gasteiger partial charge in [-0.2, -0.15) is 0 Å². The maximum Gasteiger partial charge on any atom is 0.238 e. The van der Waals surface area contributed by atoms with Crippen LogP contribution in [0.3, 0.4) is 0 Å². The second-order valence-corrected chi connectivity index (χ2v) is 5.65. The van der Waals surface area contributed by atoms with Crippen LogP contribution >= 0.6 is 0 Å². The normalized spacial score (nSPS) is 19.7. The van der Waals surface area contributed by atoms with Crippen LogP contribution in [0.2, 0.25) is 0 Å². The van der Waals surface area contributed by atoms with Crippen LogP contribution in [-0.4, -0.2) is 56.7 Å². The van der Waals surface area contributed by atoms with Crippen molar-refractivity contribution in [3.05, 3.63) is 24.3 Å². The first-order chi connectivity index (χ1) is 10.3. The van der Waals surface area contributed by atoms with Crippen molar-refractivity contribution in [3.63, 3.8) is 0 Å².